The zero-order valence-electron chi connectivity index (χ0n) is 22.2. The average molecular weight is 664 g/mol. The molecule has 44 heavy (non-hydrogen) atoms. The number of nitrogens with zero attached hydrogens (tertiary/aromatic N) is 5. The Balaban J connectivity index is 1.16. The van der Waals surface area contributed by atoms with Gasteiger partial charge >= 0.3 is 15.6 Å². The number of pyridine rings is 1. The average Bonchev–Trinajstić information content (AvgIpc) is 3.61. The Bertz CT molecular complexity index is 1630. The highest BCUT2D eigenvalue weighted by atomic mass is 31.3. The molecule has 0 aliphatic carbocycles. The number of phosphoric ester groups is 2. The maximum atomic E-state index is 12.4. The molecule has 0 bridgehead atoms. The molecule has 240 valence electrons. The minimum absolute atomic E-state index is 0.0505. The fourth-order valence-corrected chi connectivity index (χ4v) is 6.67. The van der Waals surface area contributed by atoms with Crippen molar-refractivity contribution in [2.75, 3.05) is 18.9 Å². The van der Waals surface area contributed by atoms with Gasteiger partial charge in [-0.05, 0) is 6.07 Å². The first-order valence-corrected chi connectivity index (χ1v) is 15.6. The number of aliphatic hydroxyl groups excluding tert-OH is 4. The number of amides is 1. The van der Waals surface area contributed by atoms with E-state index in [0.717, 1.165) is 6.33 Å². The van der Waals surface area contributed by atoms with E-state index < -0.39 is 83.8 Å². The lowest BCUT2D eigenvalue weighted by Gasteiger charge is -2.20. The number of carbonyl (C=O) groups excluding carboxylic acids is 1. The summed E-state index contributed by atoms with van der Waals surface area (Å²) in [7, 11) is -10.7. The van der Waals surface area contributed by atoms with E-state index in [1.807, 2.05) is 0 Å². The lowest BCUT2D eigenvalue weighted by atomic mass is 10.1. The molecule has 2 saturated heterocycles. The van der Waals surface area contributed by atoms with Gasteiger partial charge in [0, 0.05) is 6.07 Å². The van der Waals surface area contributed by atoms with Crippen LogP contribution in [-0.4, -0.2) is 105 Å². The monoisotopic (exact) mass is 664 g/mol. The number of imidazole rings is 1. The van der Waals surface area contributed by atoms with Gasteiger partial charge in [-0.15, -0.1) is 0 Å². The summed E-state index contributed by atoms with van der Waals surface area (Å²) in [4.78, 5) is 43.3. The van der Waals surface area contributed by atoms with Gasteiger partial charge in [-0.2, -0.15) is 8.88 Å². The summed E-state index contributed by atoms with van der Waals surface area (Å²) in [5.41, 5.74) is 11.4. The van der Waals surface area contributed by atoms with Gasteiger partial charge in [-0.1, -0.05) is 0 Å². The van der Waals surface area contributed by atoms with Crippen LogP contribution in [0.1, 0.15) is 22.8 Å². The number of ether oxygens (including phenoxy) is 2. The second-order valence-corrected chi connectivity index (χ2v) is 12.7. The van der Waals surface area contributed by atoms with Crippen molar-refractivity contribution in [3.63, 3.8) is 0 Å². The largest absolute Gasteiger partial charge is 0.481 e. The maximum Gasteiger partial charge on any atom is 0.481 e. The molecule has 2 aliphatic heterocycles. The molecule has 0 saturated carbocycles. The highest BCUT2D eigenvalue weighted by molar-refractivity contribution is 7.61. The van der Waals surface area contributed by atoms with Gasteiger partial charge in [0.05, 0.1) is 19.5 Å². The summed E-state index contributed by atoms with van der Waals surface area (Å²) in [5.74, 6) is -0.714. The van der Waals surface area contributed by atoms with Crippen LogP contribution in [0, 0.1) is 0 Å². The Hall–Kier alpha value is -3.01. The van der Waals surface area contributed by atoms with Gasteiger partial charge in [-0.3, -0.25) is 18.4 Å². The van der Waals surface area contributed by atoms with Crippen LogP contribution in [0.2, 0.25) is 0 Å². The number of hydrogen-bond acceptors (Lipinski definition) is 16. The van der Waals surface area contributed by atoms with Crippen LogP contribution in [0.15, 0.2) is 37.2 Å². The Morgan fingerprint density at radius 3 is 2.27 bits per heavy atom. The van der Waals surface area contributed by atoms with E-state index >= 15 is 0 Å². The highest BCUT2D eigenvalue weighted by Gasteiger charge is 2.50. The summed E-state index contributed by atoms with van der Waals surface area (Å²) in [6, 6.07) is 2.83. The number of rotatable bonds is 11. The smallest absolute Gasteiger partial charge is 0.387 e. The highest BCUT2D eigenvalue weighted by Crippen LogP contribution is 2.60. The fraction of sp³-hybridized carbons (Fsp3) is 0.476. The number of aliphatic hydroxyl groups is 4. The summed E-state index contributed by atoms with van der Waals surface area (Å²) >= 11 is 0. The van der Waals surface area contributed by atoms with Gasteiger partial charge in [0.2, 0.25) is 0 Å². The van der Waals surface area contributed by atoms with Crippen molar-refractivity contribution in [3.8, 4) is 0 Å². The van der Waals surface area contributed by atoms with Crippen LogP contribution in [0.3, 0.4) is 0 Å². The molecule has 10 N–H and O–H groups in total. The molecule has 0 radical (unpaired) electrons. The van der Waals surface area contributed by atoms with Crippen LogP contribution in [-0.2, 0) is 32.0 Å². The SMILES string of the molecule is NC(=O)c1ccc[n+]([C@H]2O[C@H](COP(=O)(O)OP(=O)(O)OC[C@H]3O[C@@H](n4cnc5c(N)ncnc54)[C@H](O)[C@@H]3O)[C@@H](O)[C@H]2O)c1. The standard InChI is InChI=1S/C21H27N7O14P2/c22-17-12-19(25-7-24-17)28(8-26-12)21-16(32)14(30)11(41-21)6-39-44(36,37)42-43(34,35)38-5-10-13(29)15(31)20(40-10)27-3-1-2-9(4-27)18(23)33/h1-4,7-8,10-11,13-16,20-21,29-32H,5-6H2,(H5-,22,23,24,25,33,34,35,36,37)/p+1/t10-,11-,13-,14-,15-,16-,20+,21-/m1/s1. The molecule has 3 aromatic rings. The molecule has 2 unspecified atom stereocenters. The number of fused-ring (bicyclic) bond motifs is 1. The van der Waals surface area contributed by atoms with Crippen LogP contribution >= 0.6 is 15.6 Å². The number of primary amides is 1. The van der Waals surface area contributed by atoms with E-state index in [-0.39, 0.29) is 22.5 Å². The summed E-state index contributed by atoms with van der Waals surface area (Å²) in [6.07, 6.45) is -6.85. The number of phosphoric acid groups is 2. The summed E-state index contributed by atoms with van der Waals surface area (Å²) in [5, 5.41) is 41.6. The molecular formula is C21H28N7O14P2+. The first-order chi connectivity index (χ1) is 20.7. The Morgan fingerprint density at radius 2 is 1.61 bits per heavy atom. The number of aromatic nitrogens is 5. The van der Waals surface area contributed by atoms with Gasteiger partial charge in [0.15, 0.2) is 36.2 Å². The van der Waals surface area contributed by atoms with Crippen LogP contribution in [0.4, 0.5) is 5.82 Å². The predicted octanol–water partition coefficient (Wildman–Crippen LogP) is -3.02. The molecule has 3 aromatic heterocycles. The van der Waals surface area contributed by atoms with E-state index in [4.69, 9.17) is 25.5 Å². The molecule has 2 aliphatic rings. The third kappa shape index (κ3) is 6.65. The van der Waals surface area contributed by atoms with Gasteiger partial charge in [0.1, 0.15) is 47.9 Å². The Kier molecular flexibility index (Phi) is 9.13. The van der Waals surface area contributed by atoms with Crippen molar-refractivity contribution in [1.29, 1.82) is 0 Å². The molecule has 10 atom stereocenters. The molecule has 21 nitrogen and oxygen atoms in total. The maximum absolute atomic E-state index is 12.4. The van der Waals surface area contributed by atoms with E-state index in [1.54, 1.807) is 0 Å². The molecule has 1 amide bonds. The van der Waals surface area contributed by atoms with E-state index in [0.29, 0.717) is 0 Å². The molecule has 2 fully saturated rings. The second kappa shape index (κ2) is 12.4. The molecule has 5 heterocycles. The van der Waals surface area contributed by atoms with E-state index in [9.17, 15) is 44.1 Å². The Labute approximate surface area is 246 Å². The Morgan fingerprint density at radius 1 is 0.977 bits per heavy atom. The molecule has 0 aromatic carbocycles. The van der Waals surface area contributed by atoms with Gasteiger partial charge < -0.3 is 51.2 Å². The lowest BCUT2D eigenvalue weighted by Crippen LogP contribution is -2.46. The third-order valence-corrected chi connectivity index (χ3v) is 9.35. The molecule has 5 rings (SSSR count). The quantitative estimate of drug-likeness (QED) is 0.0747. The lowest BCUT2D eigenvalue weighted by molar-refractivity contribution is -0.765. The van der Waals surface area contributed by atoms with Crippen molar-refractivity contribution in [2.45, 2.75) is 49.1 Å². The number of hydrogen-bond donors (Lipinski definition) is 8. The van der Waals surface area contributed by atoms with Gasteiger partial charge in [-0.25, -0.2) is 24.1 Å². The zero-order chi connectivity index (χ0) is 32.0. The number of carbonyl (C=O) groups is 1. The van der Waals surface area contributed by atoms with Crippen molar-refractivity contribution < 1.29 is 71.5 Å². The summed E-state index contributed by atoms with van der Waals surface area (Å²) in [6.45, 7) is -1.80. The van der Waals surface area contributed by atoms with Crippen LogP contribution in [0.5, 0.6) is 0 Å². The number of anilines is 1. The van der Waals surface area contributed by atoms with Crippen molar-refractivity contribution in [3.05, 3.63) is 42.7 Å². The first-order valence-electron chi connectivity index (χ1n) is 12.6. The van der Waals surface area contributed by atoms with Crippen molar-refractivity contribution in [1.82, 2.24) is 19.5 Å². The van der Waals surface area contributed by atoms with E-state index in [2.05, 4.69) is 23.8 Å². The fourth-order valence-electron chi connectivity index (χ4n) is 4.58. The third-order valence-electron chi connectivity index (χ3n) is 6.75. The van der Waals surface area contributed by atoms with Gasteiger partial charge in [0.25, 0.3) is 12.1 Å². The molecule has 0 spiro atoms. The predicted molar refractivity (Wildman–Crippen MR) is 139 cm³/mol. The first kappa shape index (κ1) is 32.4. The van der Waals surface area contributed by atoms with Crippen molar-refractivity contribution in [2.24, 2.45) is 5.73 Å². The number of nitrogen functional groups attached to an aromatic ring is 1. The normalized spacial score (nSPS) is 31.6. The van der Waals surface area contributed by atoms with Crippen LogP contribution < -0.4 is 16.0 Å². The van der Waals surface area contributed by atoms with Crippen LogP contribution in [0.25, 0.3) is 11.2 Å². The van der Waals surface area contributed by atoms with Crippen molar-refractivity contribution >= 4 is 38.5 Å². The number of nitrogens with two attached hydrogens (primary N) is 2. The topological polar surface area (TPSA) is 318 Å². The molecular weight excluding hydrogens is 636 g/mol. The van der Waals surface area contributed by atoms with E-state index in [1.165, 1.54) is 40.0 Å². The second-order valence-electron chi connectivity index (χ2n) is 9.69. The minimum atomic E-state index is -5.37. The molecule has 23 heteroatoms. The zero-order valence-corrected chi connectivity index (χ0v) is 24.0. The summed E-state index contributed by atoms with van der Waals surface area (Å²) < 4.78 is 52.0. The minimum Gasteiger partial charge on any atom is -0.387 e.